The van der Waals surface area contributed by atoms with E-state index in [4.69, 9.17) is 5.73 Å². The Morgan fingerprint density at radius 2 is 2.00 bits per heavy atom. The van der Waals surface area contributed by atoms with Gasteiger partial charge < -0.3 is 5.73 Å². The van der Waals surface area contributed by atoms with Gasteiger partial charge in [0, 0.05) is 0 Å². The van der Waals surface area contributed by atoms with E-state index < -0.39 is 0 Å². The summed E-state index contributed by atoms with van der Waals surface area (Å²) in [5.41, 5.74) is 7.75. The van der Waals surface area contributed by atoms with Crippen LogP contribution in [0.5, 0.6) is 0 Å². The minimum Gasteiger partial charge on any atom is -0.330 e. The molecule has 76 valence electrons. The maximum atomic E-state index is 12.7. The van der Waals surface area contributed by atoms with E-state index in [1.165, 1.54) is 17.7 Å². The molecule has 0 aliphatic carbocycles. The molecule has 0 saturated carbocycles. The Morgan fingerprint density at radius 1 is 1.36 bits per heavy atom. The first-order chi connectivity index (χ1) is 6.77. The number of rotatable bonds is 4. The van der Waals surface area contributed by atoms with E-state index >= 15 is 0 Å². The van der Waals surface area contributed by atoms with E-state index in [1.807, 2.05) is 0 Å². The van der Waals surface area contributed by atoms with Crippen LogP contribution in [0.25, 0.3) is 5.57 Å². The van der Waals surface area contributed by atoms with E-state index in [0.29, 0.717) is 6.54 Å². The Kier molecular flexibility index (Phi) is 4.33. The molecule has 0 spiro atoms. The summed E-state index contributed by atoms with van der Waals surface area (Å²) in [6.07, 6.45) is 3.94. The molecule has 1 nitrogen and oxygen atoms in total. The lowest BCUT2D eigenvalue weighted by Crippen LogP contribution is -1.96. The molecule has 1 aromatic rings. The topological polar surface area (TPSA) is 26.0 Å². The van der Waals surface area contributed by atoms with Crippen molar-refractivity contribution in [3.8, 4) is 0 Å². The lowest BCUT2D eigenvalue weighted by molar-refractivity contribution is 0.627. The molecule has 0 aliphatic rings. The molecule has 0 radical (unpaired) electrons. The third kappa shape index (κ3) is 2.96. The second kappa shape index (κ2) is 5.55. The Bertz CT molecular complexity index is 301. The van der Waals surface area contributed by atoms with E-state index in [9.17, 15) is 4.39 Å². The third-order valence-corrected chi connectivity index (χ3v) is 2.15. The standard InChI is InChI=1S/C12H16FN/c1-2-10(4-3-9-14)11-5-7-12(13)8-6-11/h4-8H,2-3,9,14H2,1H3. The normalized spacial score (nSPS) is 11.8. The molecule has 0 fully saturated rings. The average Bonchev–Trinajstić information content (AvgIpc) is 2.21. The van der Waals surface area contributed by atoms with Crippen LogP contribution in [0.3, 0.4) is 0 Å². The van der Waals surface area contributed by atoms with Gasteiger partial charge in [0.1, 0.15) is 5.82 Å². The summed E-state index contributed by atoms with van der Waals surface area (Å²) in [6, 6.07) is 6.59. The van der Waals surface area contributed by atoms with Crippen LogP contribution in [-0.2, 0) is 0 Å². The lowest BCUT2D eigenvalue weighted by Gasteiger charge is -2.04. The van der Waals surface area contributed by atoms with Crippen molar-refractivity contribution in [3.05, 3.63) is 41.7 Å². The fourth-order valence-electron chi connectivity index (χ4n) is 1.39. The van der Waals surface area contributed by atoms with Gasteiger partial charge in [0.2, 0.25) is 0 Å². The van der Waals surface area contributed by atoms with Crippen molar-refractivity contribution in [2.75, 3.05) is 6.54 Å². The molecule has 0 unspecified atom stereocenters. The highest BCUT2D eigenvalue weighted by Gasteiger charge is 1.98. The zero-order chi connectivity index (χ0) is 10.4. The molecule has 1 rings (SSSR count). The van der Waals surface area contributed by atoms with Crippen LogP contribution in [0.2, 0.25) is 0 Å². The second-order valence-electron chi connectivity index (χ2n) is 3.17. The Balaban J connectivity index is 2.84. The van der Waals surface area contributed by atoms with Gasteiger partial charge in [-0.05, 0) is 42.7 Å². The summed E-state index contributed by atoms with van der Waals surface area (Å²) in [6.45, 7) is 2.75. The highest BCUT2D eigenvalue weighted by Crippen LogP contribution is 2.18. The molecule has 0 aliphatic heterocycles. The lowest BCUT2D eigenvalue weighted by atomic mass is 10.0. The summed E-state index contributed by atoms with van der Waals surface area (Å²) in [7, 11) is 0. The fourth-order valence-corrected chi connectivity index (χ4v) is 1.39. The van der Waals surface area contributed by atoms with Crippen molar-refractivity contribution in [1.29, 1.82) is 0 Å². The van der Waals surface area contributed by atoms with Crippen molar-refractivity contribution in [1.82, 2.24) is 0 Å². The number of hydrogen-bond donors (Lipinski definition) is 1. The van der Waals surface area contributed by atoms with E-state index in [1.54, 1.807) is 12.1 Å². The molecule has 14 heavy (non-hydrogen) atoms. The molecule has 0 saturated heterocycles. The highest BCUT2D eigenvalue weighted by molar-refractivity contribution is 5.65. The number of benzene rings is 1. The molecule has 0 atom stereocenters. The smallest absolute Gasteiger partial charge is 0.123 e. The molecule has 2 heteroatoms. The SMILES string of the molecule is CCC(=CCCN)c1ccc(F)cc1. The van der Waals surface area contributed by atoms with Crippen LogP contribution in [0, 0.1) is 5.82 Å². The maximum absolute atomic E-state index is 12.7. The van der Waals surface area contributed by atoms with Crippen LogP contribution < -0.4 is 5.73 Å². The molecule has 1 aromatic carbocycles. The molecule has 0 aromatic heterocycles. The fraction of sp³-hybridized carbons (Fsp3) is 0.333. The molecular weight excluding hydrogens is 177 g/mol. The maximum Gasteiger partial charge on any atom is 0.123 e. The van der Waals surface area contributed by atoms with Gasteiger partial charge in [0.05, 0.1) is 0 Å². The molecule has 0 heterocycles. The van der Waals surface area contributed by atoms with Crippen LogP contribution in [0.15, 0.2) is 30.3 Å². The minimum absolute atomic E-state index is 0.192. The molecular formula is C12H16FN. The van der Waals surface area contributed by atoms with E-state index in [0.717, 1.165) is 18.4 Å². The van der Waals surface area contributed by atoms with Crippen LogP contribution in [0.4, 0.5) is 4.39 Å². The van der Waals surface area contributed by atoms with Crippen molar-refractivity contribution < 1.29 is 4.39 Å². The Hall–Kier alpha value is -1.15. The van der Waals surface area contributed by atoms with Gasteiger partial charge in [-0.1, -0.05) is 25.1 Å². The highest BCUT2D eigenvalue weighted by atomic mass is 19.1. The van der Waals surface area contributed by atoms with Gasteiger partial charge >= 0.3 is 0 Å². The Labute approximate surface area is 84.4 Å². The third-order valence-electron chi connectivity index (χ3n) is 2.15. The van der Waals surface area contributed by atoms with Crippen LogP contribution in [-0.4, -0.2) is 6.54 Å². The first kappa shape index (κ1) is 10.9. The molecule has 2 N–H and O–H groups in total. The molecule has 0 bridgehead atoms. The summed E-state index contributed by atoms with van der Waals surface area (Å²) >= 11 is 0. The van der Waals surface area contributed by atoms with Crippen molar-refractivity contribution in [2.45, 2.75) is 19.8 Å². The van der Waals surface area contributed by atoms with Gasteiger partial charge in [0.25, 0.3) is 0 Å². The average molecular weight is 193 g/mol. The predicted octanol–water partition coefficient (Wildman–Crippen LogP) is 2.97. The van der Waals surface area contributed by atoms with Gasteiger partial charge in [-0.15, -0.1) is 0 Å². The number of nitrogens with two attached hydrogens (primary N) is 1. The summed E-state index contributed by atoms with van der Waals surface area (Å²) in [5.74, 6) is -0.192. The van der Waals surface area contributed by atoms with Crippen molar-refractivity contribution in [2.24, 2.45) is 5.73 Å². The van der Waals surface area contributed by atoms with Crippen LogP contribution in [0.1, 0.15) is 25.3 Å². The zero-order valence-electron chi connectivity index (χ0n) is 8.46. The first-order valence-electron chi connectivity index (χ1n) is 4.93. The van der Waals surface area contributed by atoms with Crippen LogP contribution >= 0.6 is 0 Å². The Morgan fingerprint density at radius 3 is 2.50 bits per heavy atom. The summed E-state index contributed by atoms with van der Waals surface area (Å²) in [5, 5.41) is 0. The zero-order valence-corrected chi connectivity index (χ0v) is 8.46. The van der Waals surface area contributed by atoms with Gasteiger partial charge in [-0.3, -0.25) is 0 Å². The predicted molar refractivity (Wildman–Crippen MR) is 58.3 cm³/mol. The monoisotopic (exact) mass is 193 g/mol. The number of hydrogen-bond acceptors (Lipinski definition) is 1. The number of halogens is 1. The van der Waals surface area contributed by atoms with Crippen molar-refractivity contribution in [3.63, 3.8) is 0 Å². The number of allylic oxidation sites excluding steroid dienone is 1. The minimum atomic E-state index is -0.192. The second-order valence-corrected chi connectivity index (χ2v) is 3.17. The quantitative estimate of drug-likeness (QED) is 0.781. The van der Waals surface area contributed by atoms with Gasteiger partial charge in [-0.2, -0.15) is 0 Å². The first-order valence-corrected chi connectivity index (χ1v) is 4.93. The van der Waals surface area contributed by atoms with E-state index in [-0.39, 0.29) is 5.82 Å². The molecule has 0 amide bonds. The largest absolute Gasteiger partial charge is 0.330 e. The summed E-state index contributed by atoms with van der Waals surface area (Å²) in [4.78, 5) is 0. The van der Waals surface area contributed by atoms with Gasteiger partial charge in [0.15, 0.2) is 0 Å². The van der Waals surface area contributed by atoms with Gasteiger partial charge in [-0.25, -0.2) is 4.39 Å². The van der Waals surface area contributed by atoms with E-state index in [2.05, 4.69) is 13.0 Å². The van der Waals surface area contributed by atoms with Crippen molar-refractivity contribution >= 4 is 5.57 Å². The summed E-state index contributed by atoms with van der Waals surface area (Å²) < 4.78 is 12.7.